The number of hydrogen-bond acceptors (Lipinski definition) is 2. The number of aromatic nitrogens is 3. The van der Waals surface area contributed by atoms with Crippen LogP contribution in [0.1, 0.15) is 16.2 Å². The maximum atomic E-state index is 12.7. The average Bonchev–Trinajstić information content (AvgIpc) is 3.09. The quantitative estimate of drug-likeness (QED) is 0.602. The highest BCUT2D eigenvalue weighted by atomic mass is 79.9. The molecule has 1 aliphatic rings. The fourth-order valence-corrected chi connectivity index (χ4v) is 3.63. The number of carbonyl (C=O) groups excluding carboxylic acids is 1. The largest absolute Gasteiger partial charge is 0.336 e. The van der Waals surface area contributed by atoms with Gasteiger partial charge in [0.05, 0.1) is 16.7 Å². The Balaban J connectivity index is 1.63. The van der Waals surface area contributed by atoms with Gasteiger partial charge in [-0.1, -0.05) is 0 Å². The molecule has 0 N–H and O–H groups in total. The molecule has 0 atom stereocenters. The van der Waals surface area contributed by atoms with Gasteiger partial charge in [0.2, 0.25) is 0 Å². The second kappa shape index (κ2) is 5.24. The predicted octanol–water partition coefficient (Wildman–Crippen LogP) is 3.32. The predicted molar refractivity (Wildman–Crippen MR) is 89.8 cm³/mol. The van der Waals surface area contributed by atoms with E-state index in [4.69, 9.17) is 0 Å². The first-order chi connectivity index (χ1) is 10.6. The topological polar surface area (TPSA) is 42.5 Å². The summed E-state index contributed by atoms with van der Waals surface area (Å²) in [6, 6.07) is 9.78. The van der Waals surface area contributed by atoms with Gasteiger partial charge in [0.25, 0.3) is 5.91 Å². The van der Waals surface area contributed by atoms with E-state index in [1.165, 1.54) is 0 Å². The van der Waals surface area contributed by atoms with Crippen molar-refractivity contribution in [1.29, 1.82) is 0 Å². The molecule has 112 valence electrons. The number of amides is 1. The molecule has 4 heterocycles. The van der Waals surface area contributed by atoms with Crippen molar-refractivity contribution in [1.82, 2.24) is 19.1 Å². The molecule has 4 rings (SSSR count). The van der Waals surface area contributed by atoms with Crippen molar-refractivity contribution in [3.05, 3.63) is 57.0 Å². The van der Waals surface area contributed by atoms with E-state index in [1.807, 2.05) is 41.4 Å². The number of carbonyl (C=O) groups is 1. The summed E-state index contributed by atoms with van der Waals surface area (Å²) in [5, 5.41) is 4.39. The minimum absolute atomic E-state index is 0.0246. The fraction of sp³-hybridized carbons (Fsp3) is 0.200. The number of halogens is 2. The van der Waals surface area contributed by atoms with Crippen molar-refractivity contribution < 1.29 is 4.79 Å². The molecule has 0 aliphatic carbocycles. The fourth-order valence-electron chi connectivity index (χ4n) is 2.77. The molecule has 1 aliphatic heterocycles. The molecule has 1 amide bonds. The number of fused-ring (bicyclic) bond motifs is 2. The highest BCUT2D eigenvalue weighted by Gasteiger charge is 2.24. The summed E-state index contributed by atoms with van der Waals surface area (Å²) < 4.78 is 5.90. The highest BCUT2D eigenvalue weighted by Crippen LogP contribution is 2.22. The van der Waals surface area contributed by atoms with Crippen LogP contribution in [-0.4, -0.2) is 31.5 Å². The Morgan fingerprint density at radius 2 is 2.00 bits per heavy atom. The van der Waals surface area contributed by atoms with Crippen molar-refractivity contribution in [2.24, 2.45) is 0 Å². The average molecular weight is 424 g/mol. The summed E-state index contributed by atoms with van der Waals surface area (Å²) in [7, 11) is 0. The molecular formula is C15H12Br2N4O. The molecule has 0 unspecified atom stereocenters. The lowest BCUT2D eigenvalue weighted by molar-refractivity contribution is 0.0704. The van der Waals surface area contributed by atoms with Crippen LogP contribution in [0.25, 0.3) is 5.52 Å². The maximum Gasteiger partial charge on any atom is 0.274 e. The number of nitrogens with zero attached hydrogens (tertiary/aromatic N) is 4. The molecule has 7 heteroatoms. The van der Waals surface area contributed by atoms with Crippen LogP contribution in [0.3, 0.4) is 0 Å². The molecule has 0 aromatic carbocycles. The van der Waals surface area contributed by atoms with Crippen LogP contribution >= 0.6 is 31.9 Å². The Labute approximate surface area is 143 Å². The van der Waals surface area contributed by atoms with Crippen LogP contribution in [0.15, 0.2) is 45.6 Å². The molecule has 5 nitrogen and oxygen atoms in total. The minimum atomic E-state index is -0.0246. The minimum Gasteiger partial charge on any atom is -0.336 e. The van der Waals surface area contributed by atoms with E-state index in [0.29, 0.717) is 18.8 Å². The van der Waals surface area contributed by atoms with Gasteiger partial charge < -0.3 is 9.47 Å². The van der Waals surface area contributed by atoms with Crippen molar-refractivity contribution in [3.8, 4) is 0 Å². The lowest BCUT2D eigenvalue weighted by Crippen LogP contribution is -2.38. The van der Waals surface area contributed by atoms with Gasteiger partial charge in [-0.25, -0.2) is 4.52 Å². The summed E-state index contributed by atoms with van der Waals surface area (Å²) in [5.74, 6) is -0.0246. The first-order valence-electron chi connectivity index (χ1n) is 6.90. The van der Waals surface area contributed by atoms with E-state index in [1.54, 1.807) is 4.52 Å². The molecule has 0 saturated heterocycles. The van der Waals surface area contributed by atoms with Crippen LogP contribution in [0.4, 0.5) is 0 Å². The van der Waals surface area contributed by atoms with Crippen molar-refractivity contribution in [3.63, 3.8) is 0 Å². The van der Waals surface area contributed by atoms with Gasteiger partial charge in [0.1, 0.15) is 0 Å². The van der Waals surface area contributed by atoms with Crippen LogP contribution in [-0.2, 0) is 13.1 Å². The molecule has 3 aromatic rings. The van der Waals surface area contributed by atoms with E-state index < -0.39 is 0 Å². The second-order valence-electron chi connectivity index (χ2n) is 5.27. The van der Waals surface area contributed by atoms with E-state index in [0.717, 1.165) is 26.8 Å². The molecule has 22 heavy (non-hydrogen) atoms. The monoisotopic (exact) mass is 422 g/mol. The lowest BCUT2D eigenvalue weighted by atomic mass is 10.2. The van der Waals surface area contributed by atoms with Gasteiger partial charge >= 0.3 is 0 Å². The van der Waals surface area contributed by atoms with Gasteiger partial charge in [-0.3, -0.25) is 4.79 Å². The molecule has 0 fully saturated rings. The third-order valence-corrected chi connectivity index (χ3v) is 5.06. The Kier molecular flexibility index (Phi) is 3.34. The SMILES string of the molecule is O=C(c1cc2ccc(Br)cn2n1)N1CCn2c(Br)ccc2C1. The highest BCUT2D eigenvalue weighted by molar-refractivity contribution is 9.10. The second-order valence-corrected chi connectivity index (χ2v) is 7.00. The van der Waals surface area contributed by atoms with Crippen LogP contribution in [0.5, 0.6) is 0 Å². The molecular weight excluding hydrogens is 412 g/mol. The van der Waals surface area contributed by atoms with Gasteiger partial charge in [-0.05, 0) is 62.2 Å². The first kappa shape index (κ1) is 14.0. The van der Waals surface area contributed by atoms with Gasteiger partial charge in [0, 0.05) is 29.5 Å². The Hall–Kier alpha value is -1.60. The third-order valence-electron chi connectivity index (χ3n) is 3.89. The van der Waals surface area contributed by atoms with E-state index in [-0.39, 0.29) is 5.91 Å². The summed E-state index contributed by atoms with van der Waals surface area (Å²) in [6.45, 7) is 2.10. The molecule has 0 bridgehead atoms. The number of pyridine rings is 1. The standard InChI is InChI=1S/C15H12Br2N4O/c16-10-1-2-11-7-13(18-21(11)8-10)15(22)19-5-6-20-12(9-19)3-4-14(20)17/h1-4,7-8H,5-6,9H2. The van der Waals surface area contributed by atoms with E-state index >= 15 is 0 Å². The summed E-state index contributed by atoms with van der Waals surface area (Å²) in [6.07, 6.45) is 1.85. The first-order valence-corrected chi connectivity index (χ1v) is 8.48. The number of rotatable bonds is 1. The normalized spacial score (nSPS) is 14.4. The summed E-state index contributed by atoms with van der Waals surface area (Å²) in [4.78, 5) is 14.5. The third kappa shape index (κ3) is 2.28. The van der Waals surface area contributed by atoms with E-state index in [2.05, 4.69) is 41.5 Å². The van der Waals surface area contributed by atoms with E-state index in [9.17, 15) is 4.79 Å². The van der Waals surface area contributed by atoms with Gasteiger partial charge in [-0.2, -0.15) is 5.10 Å². The smallest absolute Gasteiger partial charge is 0.274 e. The van der Waals surface area contributed by atoms with Crippen molar-refractivity contribution in [2.75, 3.05) is 6.54 Å². The van der Waals surface area contributed by atoms with Crippen molar-refractivity contribution in [2.45, 2.75) is 13.1 Å². The summed E-state index contributed by atoms with van der Waals surface area (Å²) >= 11 is 6.94. The zero-order valence-corrected chi connectivity index (χ0v) is 14.7. The zero-order chi connectivity index (χ0) is 15.3. The Morgan fingerprint density at radius 3 is 2.86 bits per heavy atom. The molecule has 0 saturated carbocycles. The molecule has 0 spiro atoms. The van der Waals surface area contributed by atoms with Crippen LogP contribution in [0.2, 0.25) is 0 Å². The van der Waals surface area contributed by atoms with Gasteiger partial charge in [-0.15, -0.1) is 0 Å². The van der Waals surface area contributed by atoms with Crippen LogP contribution < -0.4 is 0 Å². The molecule has 0 radical (unpaired) electrons. The summed E-state index contributed by atoms with van der Waals surface area (Å²) in [5.41, 5.74) is 2.53. The van der Waals surface area contributed by atoms with Crippen molar-refractivity contribution >= 4 is 43.3 Å². The Morgan fingerprint density at radius 1 is 1.14 bits per heavy atom. The zero-order valence-electron chi connectivity index (χ0n) is 11.5. The molecule has 3 aromatic heterocycles. The lowest BCUT2D eigenvalue weighted by Gasteiger charge is -2.28. The Bertz CT molecular complexity index is 883. The number of hydrogen-bond donors (Lipinski definition) is 0. The van der Waals surface area contributed by atoms with Crippen LogP contribution in [0, 0.1) is 0 Å². The van der Waals surface area contributed by atoms with Gasteiger partial charge in [0.15, 0.2) is 5.69 Å². The maximum absolute atomic E-state index is 12.7.